The Hall–Kier alpha value is -1.60. The summed E-state index contributed by atoms with van der Waals surface area (Å²) < 4.78 is 26.1. The molecule has 0 atom stereocenters. The Labute approximate surface area is 167 Å². The summed E-state index contributed by atoms with van der Waals surface area (Å²) in [4.78, 5) is 13.5. The summed E-state index contributed by atoms with van der Waals surface area (Å²) >= 11 is 0. The van der Waals surface area contributed by atoms with E-state index in [0.717, 1.165) is 11.0 Å². The van der Waals surface area contributed by atoms with E-state index in [-0.39, 0.29) is 12.8 Å². The smallest absolute Gasteiger partial charge is 0.465 e. The van der Waals surface area contributed by atoms with Crippen molar-refractivity contribution in [1.82, 2.24) is 4.90 Å². The summed E-state index contributed by atoms with van der Waals surface area (Å²) in [7, 11) is -0.483. The Morgan fingerprint density at radius 2 is 1.57 bits per heavy atom. The minimum atomic E-state index is -1.03. The molecule has 0 bridgehead atoms. The van der Waals surface area contributed by atoms with E-state index in [1.807, 2.05) is 72.7 Å². The Bertz CT molecular complexity index is 735. The first-order valence-corrected chi connectivity index (χ1v) is 9.83. The van der Waals surface area contributed by atoms with Crippen LogP contribution in [0.3, 0.4) is 0 Å². The number of alkyl halides is 1. The second-order valence-corrected chi connectivity index (χ2v) is 10.0. The topological polar surface area (TPSA) is 59.0 Å². The summed E-state index contributed by atoms with van der Waals surface area (Å²) in [6.45, 7) is 13.5. The number of rotatable bonds is 3. The van der Waals surface area contributed by atoms with Crippen LogP contribution in [0.15, 0.2) is 24.3 Å². The van der Waals surface area contributed by atoms with E-state index in [1.54, 1.807) is 0 Å². The van der Waals surface area contributed by atoms with Gasteiger partial charge in [0.2, 0.25) is 0 Å². The monoisotopic (exact) mass is 391 g/mol. The SMILES string of the molecule is CC(C)(C)N(C(=O)O)C1(c2ccc(B3OC(C)(C)C(C)(C)O3)cc2)CC(F)C1. The van der Waals surface area contributed by atoms with Crippen LogP contribution in [0.5, 0.6) is 0 Å². The third-order valence-electron chi connectivity index (χ3n) is 6.38. The molecule has 28 heavy (non-hydrogen) atoms. The van der Waals surface area contributed by atoms with Crippen molar-refractivity contribution >= 4 is 18.7 Å². The molecule has 2 fully saturated rings. The minimum Gasteiger partial charge on any atom is -0.465 e. The van der Waals surface area contributed by atoms with Gasteiger partial charge in [-0.05, 0) is 59.5 Å². The molecule has 1 N–H and O–H groups in total. The second kappa shape index (κ2) is 6.46. The maximum atomic E-state index is 13.9. The number of nitrogens with zero attached hydrogens (tertiary/aromatic N) is 1. The highest BCUT2D eigenvalue weighted by atomic mass is 19.1. The molecular weight excluding hydrogens is 360 g/mol. The van der Waals surface area contributed by atoms with Gasteiger partial charge < -0.3 is 14.4 Å². The van der Waals surface area contributed by atoms with Gasteiger partial charge >= 0.3 is 13.2 Å². The van der Waals surface area contributed by atoms with Crippen LogP contribution >= 0.6 is 0 Å². The number of hydrogen-bond donors (Lipinski definition) is 1. The van der Waals surface area contributed by atoms with Gasteiger partial charge in [-0.1, -0.05) is 24.3 Å². The van der Waals surface area contributed by atoms with Crippen LogP contribution in [0.1, 0.15) is 66.9 Å². The summed E-state index contributed by atoms with van der Waals surface area (Å²) in [5, 5.41) is 9.86. The molecule has 0 aromatic heterocycles. The molecular formula is C21H31BFNO4. The van der Waals surface area contributed by atoms with Gasteiger partial charge in [-0.3, -0.25) is 4.90 Å². The lowest BCUT2D eigenvalue weighted by Gasteiger charge is -2.55. The molecule has 1 aromatic carbocycles. The van der Waals surface area contributed by atoms with E-state index in [0.29, 0.717) is 0 Å². The van der Waals surface area contributed by atoms with Gasteiger partial charge in [0.25, 0.3) is 0 Å². The van der Waals surface area contributed by atoms with Crippen molar-refractivity contribution in [3.8, 4) is 0 Å². The predicted molar refractivity (Wildman–Crippen MR) is 108 cm³/mol. The van der Waals surface area contributed by atoms with Gasteiger partial charge in [0.05, 0.1) is 16.7 Å². The zero-order valence-electron chi connectivity index (χ0n) is 17.9. The van der Waals surface area contributed by atoms with Crippen LogP contribution in [0, 0.1) is 0 Å². The third kappa shape index (κ3) is 3.33. The van der Waals surface area contributed by atoms with Crippen molar-refractivity contribution in [3.05, 3.63) is 29.8 Å². The lowest BCUT2D eigenvalue weighted by molar-refractivity contribution is -0.0709. The highest BCUT2D eigenvalue weighted by molar-refractivity contribution is 6.62. The van der Waals surface area contributed by atoms with E-state index >= 15 is 0 Å². The quantitative estimate of drug-likeness (QED) is 0.789. The van der Waals surface area contributed by atoms with Crippen molar-refractivity contribution in [2.24, 2.45) is 0 Å². The van der Waals surface area contributed by atoms with Crippen LogP contribution in [0.25, 0.3) is 0 Å². The van der Waals surface area contributed by atoms with E-state index in [4.69, 9.17) is 9.31 Å². The van der Waals surface area contributed by atoms with Crippen molar-refractivity contribution in [2.45, 2.75) is 89.8 Å². The molecule has 1 amide bonds. The average molecular weight is 391 g/mol. The van der Waals surface area contributed by atoms with E-state index in [1.165, 1.54) is 4.90 Å². The van der Waals surface area contributed by atoms with Crippen molar-refractivity contribution < 1.29 is 23.6 Å². The lowest BCUT2D eigenvalue weighted by Crippen LogP contribution is -2.63. The van der Waals surface area contributed by atoms with Crippen LogP contribution in [0.4, 0.5) is 9.18 Å². The van der Waals surface area contributed by atoms with Crippen molar-refractivity contribution in [1.29, 1.82) is 0 Å². The van der Waals surface area contributed by atoms with E-state index < -0.39 is 41.7 Å². The van der Waals surface area contributed by atoms with Crippen LogP contribution in [0.2, 0.25) is 0 Å². The van der Waals surface area contributed by atoms with Crippen LogP contribution in [-0.4, -0.2) is 46.1 Å². The number of halogens is 1. The Morgan fingerprint density at radius 1 is 1.11 bits per heavy atom. The maximum Gasteiger partial charge on any atom is 0.494 e. The molecule has 0 spiro atoms. The maximum absolute atomic E-state index is 13.9. The standard InChI is InChI=1S/C21H31BFNO4/c1-18(2,3)24(17(25)26)21(12-16(23)13-21)14-8-10-15(11-9-14)22-27-19(4,5)20(6,7)28-22/h8-11,16H,12-13H2,1-7H3,(H,25,26). The molecule has 2 aliphatic rings. The number of amides is 1. The molecule has 1 aromatic rings. The van der Waals surface area contributed by atoms with Gasteiger partial charge in [-0.25, -0.2) is 9.18 Å². The zero-order valence-corrected chi connectivity index (χ0v) is 17.9. The highest BCUT2D eigenvalue weighted by Crippen LogP contribution is 2.50. The molecule has 0 radical (unpaired) electrons. The zero-order chi connectivity index (χ0) is 21.1. The first kappa shape index (κ1) is 21.1. The minimum absolute atomic E-state index is 0.173. The summed E-state index contributed by atoms with van der Waals surface area (Å²) in [5.74, 6) is 0. The second-order valence-electron chi connectivity index (χ2n) is 10.0. The number of carboxylic acid groups (broad SMARTS) is 1. The largest absolute Gasteiger partial charge is 0.494 e. The Kier molecular flexibility index (Phi) is 4.87. The van der Waals surface area contributed by atoms with Crippen LogP contribution < -0.4 is 5.46 Å². The van der Waals surface area contributed by atoms with Gasteiger partial charge in [0.15, 0.2) is 0 Å². The van der Waals surface area contributed by atoms with E-state index in [2.05, 4.69) is 0 Å². The van der Waals surface area contributed by atoms with Gasteiger partial charge in [0, 0.05) is 18.4 Å². The van der Waals surface area contributed by atoms with Gasteiger partial charge in [-0.2, -0.15) is 0 Å². The first-order chi connectivity index (χ1) is 12.7. The normalized spacial score (nSPS) is 28.7. The first-order valence-electron chi connectivity index (χ1n) is 9.83. The van der Waals surface area contributed by atoms with Crippen LogP contribution in [-0.2, 0) is 14.8 Å². The summed E-state index contributed by atoms with van der Waals surface area (Å²) in [5.41, 5.74) is -0.683. The molecule has 3 rings (SSSR count). The predicted octanol–water partition coefficient (Wildman–Crippen LogP) is 4.09. The Morgan fingerprint density at radius 3 is 1.93 bits per heavy atom. The molecule has 1 aliphatic carbocycles. The molecule has 1 saturated carbocycles. The number of carbonyl (C=O) groups is 1. The van der Waals surface area contributed by atoms with Gasteiger partial charge in [-0.15, -0.1) is 0 Å². The van der Waals surface area contributed by atoms with E-state index in [9.17, 15) is 14.3 Å². The molecule has 154 valence electrons. The van der Waals surface area contributed by atoms with Gasteiger partial charge in [0.1, 0.15) is 6.17 Å². The highest BCUT2D eigenvalue weighted by Gasteiger charge is 2.56. The summed E-state index contributed by atoms with van der Waals surface area (Å²) in [6.07, 6.45) is -1.68. The molecule has 1 heterocycles. The number of hydrogen-bond acceptors (Lipinski definition) is 3. The molecule has 1 saturated heterocycles. The lowest BCUT2D eigenvalue weighted by atomic mass is 9.67. The fourth-order valence-electron chi connectivity index (χ4n) is 4.26. The van der Waals surface area contributed by atoms with Crippen molar-refractivity contribution in [3.63, 3.8) is 0 Å². The third-order valence-corrected chi connectivity index (χ3v) is 6.38. The molecule has 5 nitrogen and oxygen atoms in total. The number of benzene rings is 1. The Balaban J connectivity index is 1.92. The molecule has 7 heteroatoms. The summed E-state index contributed by atoms with van der Waals surface area (Å²) in [6, 6.07) is 7.56. The fraction of sp³-hybridized carbons (Fsp3) is 0.667. The molecule has 0 unspecified atom stereocenters. The molecule has 1 aliphatic heterocycles. The van der Waals surface area contributed by atoms with Crippen molar-refractivity contribution in [2.75, 3.05) is 0 Å². The fourth-order valence-corrected chi connectivity index (χ4v) is 4.26. The average Bonchev–Trinajstić information content (AvgIpc) is 2.72.